The van der Waals surface area contributed by atoms with Crippen LogP contribution in [0.4, 0.5) is 4.79 Å². The topological polar surface area (TPSA) is 106 Å². The highest BCUT2D eigenvalue weighted by molar-refractivity contribution is 5.91. The van der Waals surface area contributed by atoms with E-state index in [9.17, 15) is 19.5 Å². The summed E-state index contributed by atoms with van der Waals surface area (Å²) in [6.45, 7) is 0.741. The minimum absolute atomic E-state index is 0.0468. The number of likely N-dealkylation sites (N-methyl/N-ethyl adjacent to an activating group) is 1. The zero-order valence-electron chi connectivity index (χ0n) is 20.0. The summed E-state index contributed by atoms with van der Waals surface area (Å²) in [6.07, 6.45) is 6.81. The van der Waals surface area contributed by atoms with Gasteiger partial charge in [-0.2, -0.15) is 0 Å². The van der Waals surface area contributed by atoms with Gasteiger partial charge in [-0.05, 0) is 23.3 Å². The lowest BCUT2D eigenvalue weighted by atomic mass is 9.98. The average Bonchev–Trinajstić information content (AvgIpc) is 2.87. The van der Waals surface area contributed by atoms with Gasteiger partial charge < -0.3 is 25.0 Å². The number of phenolic OH excluding ortho intramolecular Hbond substituents is 1. The number of phenols is 1. The molecule has 2 aromatic carbocycles. The van der Waals surface area contributed by atoms with Crippen molar-refractivity contribution >= 4 is 17.8 Å². The van der Waals surface area contributed by atoms with Crippen molar-refractivity contribution in [2.75, 3.05) is 33.3 Å². The summed E-state index contributed by atoms with van der Waals surface area (Å²) in [4.78, 5) is 43.2. The normalized spacial score (nSPS) is 20.1. The van der Waals surface area contributed by atoms with Crippen molar-refractivity contribution in [1.82, 2.24) is 25.1 Å². The van der Waals surface area contributed by atoms with Crippen molar-refractivity contribution in [2.24, 2.45) is 0 Å². The van der Waals surface area contributed by atoms with Crippen LogP contribution < -0.4 is 5.32 Å². The number of hydrogen-bond donors (Lipinski definition) is 2. The number of fused-ring (bicyclic) bond motifs is 1. The predicted octanol–water partition coefficient (Wildman–Crippen LogP) is 0.980. The third-order valence-electron chi connectivity index (χ3n) is 6.35. The standard InChI is InChI=1S/C26H29N5O5/c1-3-36-14-13-29-17-23-30(22(25(29)34)15-19-9-11-21(32)12-10-19)24(33)18-28(2)31(23)26(35)27-16-20-7-5-4-6-8-20/h1,4-12,22-23,32H,13-18H2,2H3,(H,27,35)/t22-,23-/m0/s1. The molecule has 2 heterocycles. The number of hydrogen-bond acceptors (Lipinski definition) is 6. The molecule has 0 aliphatic carbocycles. The van der Waals surface area contributed by atoms with E-state index in [0.717, 1.165) is 11.1 Å². The Morgan fingerprint density at radius 2 is 1.86 bits per heavy atom. The number of carbonyl (C=O) groups excluding carboxylic acids is 3. The number of hydrazine groups is 1. The Kier molecular flexibility index (Phi) is 7.61. The van der Waals surface area contributed by atoms with Crippen LogP contribution in [0.5, 0.6) is 5.75 Å². The van der Waals surface area contributed by atoms with Gasteiger partial charge in [-0.15, -0.1) is 0 Å². The number of urea groups is 1. The smallest absolute Gasteiger partial charge is 0.334 e. The molecule has 0 saturated carbocycles. The fourth-order valence-corrected chi connectivity index (χ4v) is 4.63. The van der Waals surface area contributed by atoms with Gasteiger partial charge in [-0.3, -0.25) is 9.59 Å². The molecule has 2 atom stereocenters. The summed E-state index contributed by atoms with van der Waals surface area (Å²) in [5.74, 6) is -0.384. The van der Waals surface area contributed by atoms with Gasteiger partial charge in [0.25, 0.3) is 0 Å². The number of ether oxygens (including phenoxy) is 1. The van der Waals surface area contributed by atoms with E-state index in [1.54, 1.807) is 29.1 Å². The fraction of sp³-hybridized carbons (Fsp3) is 0.346. The molecular formula is C26H29N5O5. The van der Waals surface area contributed by atoms with Gasteiger partial charge in [0.1, 0.15) is 30.7 Å². The second-order valence-electron chi connectivity index (χ2n) is 8.72. The molecule has 2 fully saturated rings. The number of aromatic hydroxyl groups is 1. The zero-order chi connectivity index (χ0) is 25.7. The summed E-state index contributed by atoms with van der Waals surface area (Å²) in [6, 6.07) is 14.8. The van der Waals surface area contributed by atoms with Gasteiger partial charge in [-0.25, -0.2) is 14.8 Å². The molecule has 36 heavy (non-hydrogen) atoms. The number of terminal acetylenes is 1. The maximum atomic E-state index is 13.5. The molecule has 2 saturated heterocycles. The van der Waals surface area contributed by atoms with E-state index in [1.165, 1.54) is 22.0 Å². The highest BCUT2D eigenvalue weighted by atomic mass is 16.5. The van der Waals surface area contributed by atoms with E-state index in [-0.39, 0.29) is 56.3 Å². The Hall–Kier alpha value is -4.23. The quantitative estimate of drug-likeness (QED) is 0.442. The minimum atomic E-state index is -0.829. The first-order valence-electron chi connectivity index (χ1n) is 11.7. The van der Waals surface area contributed by atoms with Crippen LogP contribution in [0.1, 0.15) is 11.1 Å². The van der Waals surface area contributed by atoms with Crippen molar-refractivity contribution in [3.63, 3.8) is 0 Å². The number of nitrogens with zero attached hydrogens (tertiary/aromatic N) is 4. The van der Waals surface area contributed by atoms with E-state index >= 15 is 0 Å². The highest BCUT2D eigenvalue weighted by Gasteiger charge is 2.50. The number of benzene rings is 2. The average molecular weight is 492 g/mol. The second-order valence-corrected chi connectivity index (χ2v) is 8.72. The van der Waals surface area contributed by atoms with Gasteiger partial charge >= 0.3 is 6.03 Å². The summed E-state index contributed by atoms with van der Waals surface area (Å²) in [7, 11) is 1.68. The lowest BCUT2D eigenvalue weighted by molar-refractivity contribution is -0.187. The summed E-state index contributed by atoms with van der Waals surface area (Å²) in [5, 5.41) is 15.6. The first kappa shape index (κ1) is 24.9. The molecule has 2 aliphatic rings. The van der Waals surface area contributed by atoms with Crippen LogP contribution in [-0.4, -0.2) is 88.3 Å². The molecule has 4 amide bonds. The summed E-state index contributed by atoms with van der Waals surface area (Å²) in [5.41, 5.74) is 1.72. The fourth-order valence-electron chi connectivity index (χ4n) is 4.63. The zero-order valence-corrected chi connectivity index (χ0v) is 20.0. The van der Waals surface area contributed by atoms with E-state index in [2.05, 4.69) is 11.4 Å². The van der Waals surface area contributed by atoms with Gasteiger partial charge in [0, 0.05) is 20.0 Å². The number of piperazine rings is 1. The number of rotatable bonds is 7. The van der Waals surface area contributed by atoms with Crippen LogP contribution >= 0.6 is 0 Å². The second kappa shape index (κ2) is 11.0. The molecule has 2 aliphatic heterocycles. The van der Waals surface area contributed by atoms with Crippen molar-refractivity contribution in [3.8, 4) is 18.3 Å². The van der Waals surface area contributed by atoms with Crippen molar-refractivity contribution in [1.29, 1.82) is 0 Å². The third-order valence-corrected chi connectivity index (χ3v) is 6.35. The molecule has 0 bridgehead atoms. The first-order chi connectivity index (χ1) is 17.4. The van der Waals surface area contributed by atoms with E-state index in [0.29, 0.717) is 6.54 Å². The number of carbonyl (C=O) groups is 3. The summed E-state index contributed by atoms with van der Waals surface area (Å²) >= 11 is 0. The number of nitrogens with one attached hydrogen (secondary N) is 1. The maximum Gasteiger partial charge on any atom is 0.334 e. The third kappa shape index (κ3) is 5.37. The maximum absolute atomic E-state index is 13.5. The molecule has 0 radical (unpaired) electrons. The predicted molar refractivity (Wildman–Crippen MR) is 131 cm³/mol. The molecule has 10 nitrogen and oxygen atoms in total. The Morgan fingerprint density at radius 3 is 2.56 bits per heavy atom. The van der Waals surface area contributed by atoms with Gasteiger partial charge in [0.15, 0.2) is 0 Å². The molecule has 188 valence electrons. The molecule has 2 N–H and O–H groups in total. The lowest BCUT2D eigenvalue weighted by Crippen LogP contribution is -2.76. The Balaban J connectivity index is 1.61. The molecule has 10 heteroatoms. The van der Waals surface area contributed by atoms with Crippen molar-refractivity contribution in [3.05, 3.63) is 65.7 Å². The van der Waals surface area contributed by atoms with E-state index in [1.807, 2.05) is 30.3 Å². The van der Waals surface area contributed by atoms with Crippen molar-refractivity contribution < 1.29 is 24.2 Å². The van der Waals surface area contributed by atoms with E-state index in [4.69, 9.17) is 11.2 Å². The SMILES string of the molecule is C#COCCN1C[C@H]2N(C(=O)CN(C)N2C(=O)NCc2ccccc2)[C@@H](Cc2ccc(O)cc2)C1=O. The van der Waals surface area contributed by atoms with Gasteiger partial charge in [0.2, 0.25) is 11.8 Å². The number of amides is 4. The summed E-state index contributed by atoms with van der Waals surface area (Å²) < 4.78 is 5.01. The van der Waals surface area contributed by atoms with Crippen molar-refractivity contribution in [2.45, 2.75) is 25.2 Å². The van der Waals surface area contributed by atoms with E-state index < -0.39 is 12.2 Å². The van der Waals surface area contributed by atoms with Crippen LogP contribution in [0.3, 0.4) is 0 Å². The van der Waals surface area contributed by atoms with Gasteiger partial charge in [0.05, 0.1) is 19.6 Å². The van der Waals surface area contributed by atoms with Crippen LogP contribution in [0.2, 0.25) is 0 Å². The Labute approximate surface area is 210 Å². The van der Waals surface area contributed by atoms with Crippen LogP contribution in [0.15, 0.2) is 54.6 Å². The molecule has 0 aromatic heterocycles. The first-order valence-corrected chi connectivity index (χ1v) is 11.7. The molecular weight excluding hydrogens is 462 g/mol. The van der Waals surface area contributed by atoms with Crippen LogP contribution in [0, 0.1) is 12.5 Å². The molecule has 0 spiro atoms. The highest BCUT2D eigenvalue weighted by Crippen LogP contribution is 2.28. The molecule has 2 aromatic rings. The monoisotopic (exact) mass is 491 g/mol. The Bertz CT molecular complexity index is 1130. The van der Waals surface area contributed by atoms with Crippen LogP contribution in [-0.2, 0) is 27.3 Å². The lowest BCUT2D eigenvalue weighted by Gasteiger charge is -2.54. The molecule has 0 unspecified atom stereocenters. The molecule has 4 rings (SSSR count). The minimum Gasteiger partial charge on any atom is -0.508 e. The van der Waals surface area contributed by atoms with Gasteiger partial charge in [-0.1, -0.05) is 48.9 Å². The van der Waals surface area contributed by atoms with Crippen LogP contribution in [0.25, 0.3) is 0 Å². The largest absolute Gasteiger partial charge is 0.508 e. The Morgan fingerprint density at radius 1 is 1.14 bits per heavy atom.